The molecule has 0 saturated carbocycles. The van der Waals surface area contributed by atoms with Crippen molar-refractivity contribution >= 4 is 29.9 Å². The third-order valence-electron chi connectivity index (χ3n) is 3.47. The number of aliphatic imine (C=N–C) groups is 1. The number of nitrogens with one attached hydrogen (secondary N) is 2. The molecule has 0 aliphatic heterocycles. The summed E-state index contributed by atoms with van der Waals surface area (Å²) in [5, 5.41) is 10.8. The molecular formula is C16H27IN6O. The Morgan fingerprint density at radius 2 is 2.17 bits per heavy atom. The molecule has 8 heteroatoms. The van der Waals surface area contributed by atoms with Crippen molar-refractivity contribution in [2.24, 2.45) is 10.9 Å². The molecule has 1 unspecified atom stereocenters. The van der Waals surface area contributed by atoms with Crippen LogP contribution in [0.3, 0.4) is 0 Å². The zero-order valence-corrected chi connectivity index (χ0v) is 17.1. The molecule has 0 spiro atoms. The fraction of sp³-hybridized carbons (Fsp3) is 0.562. The number of hydrogen-bond acceptors (Lipinski definition) is 4. The minimum absolute atomic E-state index is 0. The maximum Gasteiger partial charge on any atom is 0.216 e. The molecule has 0 bridgehead atoms. The van der Waals surface area contributed by atoms with Gasteiger partial charge in [0.25, 0.3) is 0 Å². The van der Waals surface area contributed by atoms with Gasteiger partial charge in [-0.25, -0.2) is 9.98 Å². The summed E-state index contributed by atoms with van der Waals surface area (Å²) in [6.07, 6.45) is 3.77. The normalized spacial score (nSPS) is 12.6. The lowest BCUT2D eigenvalue weighted by molar-refractivity contribution is 0.442. The SMILES string of the molecule is CCNC(=NCc1nc(C)c(C)o1)NCC(C)Cn1cccn1.I. The molecule has 24 heavy (non-hydrogen) atoms. The second-order valence-electron chi connectivity index (χ2n) is 5.66. The summed E-state index contributed by atoms with van der Waals surface area (Å²) < 4.78 is 7.49. The Morgan fingerprint density at radius 1 is 1.38 bits per heavy atom. The van der Waals surface area contributed by atoms with E-state index < -0.39 is 0 Å². The molecule has 0 saturated heterocycles. The molecule has 1 atom stereocenters. The summed E-state index contributed by atoms with van der Waals surface area (Å²) in [5.41, 5.74) is 0.918. The van der Waals surface area contributed by atoms with Crippen LogP contribution >= 0.6 is 24.0 Å². The van der Waals surface area contributed by atoms with Crippen LogP contribution in [0.2, 0.25) is 0 Å². The number of aryl methyl sites for hydroxylation is 2. The van der Waals surface area contributed by atoms with Crippen molar-refractivity contribution in [2.45, 2.75) is 40.8 Å². The van der Waals surface area contributed by atoms with Crippen molar-refractivity contribution in [1.29, 1.82) is 0 Å². The molecule has 134 valence electrons. The third kappa shape index (κ3) is 6.50. The highest BCUT2D eigenvalue weighted by Gasteiger charge is 2.07. The van der Waals surface area contributed by atoms with Crippen molar-refractivity contribution in [2.75, 3.05) is 13.1 Å². The summed E-state index contributed by atoms with van der Waals surface area (Å²) in [5.74, 6) is 2.70. The quantitative estimate of drug-likeness (QED) is 0.388. The van der Waals surface area contributed by atoms with E-state index in [1.54, 1.807) is 6.20 Å². The van der Waals surface area contributed by atoms with E-state index >= 15 is 0 Å². The monoisotopic (exact) mass is 446 g/mol. The number of oxazole rings is 1. The number of halogens is 1. The summed E-state index contributed by atoms with van der Waals surface area (Å²) in [4.78, 5) is 8.87. The Morgan fingerprint density at radius 3 is 2.75 bits per heavy atom. The summed E-state index contributed by atoms with van der Waals surface area (Å²) >= 11 is 0. The minimum Gasteiger partial charge on any atom is -0.444 e. The van der Waals surface area contributed by atoms with E-state index in [0.29, 0.717) is 18.4 Å². The number of aromatic nitrogens is 3. The Kier molecular flexibility index (Phi) is 8.80. The van der Waals surface area contributed by atoms with Crippen molar-refractivity contribution in [3.63, 3.8) is 0 Å². The van der Waals surface area contributed by atoms with Crippen LogP contribution in [0.1, 0.15) is 31.2 Å². The molecule has 2 rings (SSSR count). The average molecular weight is 446 g/mol. The van der Waals surface area contributed by atoms with Crippen molar-refractivity contribution in [3.8, 4) is 0 Å². The average Bonchev–Trinajstić information content (AvgIpc) is 3.12. The van der Waals surface area contributed by atoms with Gasteiger partial charge in [0, 0.05) is 32.0 Å². The maximum absolute atomic E-state index is 5.55. The highest BCUT2D eigenvalue weighted by atomic mass is 127. The zero-order valence-electron chi connectivity index (χ0n) is 14.7. The van der Waals surface area contributed by atoms with Gasteiger partial charge in [0.2, 0.25) is 5.89 Å². The van der Waals surface area contributed by atoms with Crippen LogP contribution in [0.25, 0.3) is 0 Å². The van der Waals surface area contributed by atoms with E-state index in [-0.39, 0.29) is 24.0 Å². The fourth-order valence-corrected chi connectivity index (χ4v) is 2.16. The molecule has 2 aromatic heterocycles. The highest BCUT2D eigenvalue weighted by molar-refractivity contribution is 14.0. The van der Waals surface area contributed by atoms with Gasteiger partial charge in [0.05, 0.1) is 5.69 Å². The lowest BCUT2D eigenvalue weighted by Gasteiger charge is -2.15. The van der Waals surface area contributed by atoms with Crippen LogP contribution in [-0.4, -0.2) is 33.8 Å². The second-order valence-corrected chi connectivity index (χ2v) is 5.66. The molecule has 0 amide bonds. The maximum atomic E-state index is 5.55. The van der Waals surface area contributed by atoms with Gasteiger partial charge in [0.15, 0.2) is 5.96 Å². The highest BCUT2D eigenvalue weighted by Crippen LogP contribution is 2.08. The van der Waals surface area contributed by atoms with E-state index in [1.165, 1.54) is 0 Å². The Labute approximate surface area is 160 Å². The largest absolute Gasteiger partial charge is 0.444 e. The van der Waals surface area contributed by atoms with Gasteiger partial charge in [-0.1, -0.05) is 6.92 Å². The van der Waals surface area contributed by atoms with Gasteiger partial charge in [-0.15, -0.1) is 24.0 Å². The Balaban J connectivity index is 0.00000288. The van der Waals surface area contributed by atoms with E-state index in [2.05, 4.69) is 32.6 Å². The molecule has 2 N–H and O–H groups in total. The van der Waals surface area contributed by atoms with Crippen LogP contribution in [0.15, 0.2) is 27.9 Å². The first-order valence-electron chi connectivity index (χ1n) is 8.01. The lowest BCUT2D eigenvalue weighted by Crippen LogP contribution is -2.40. The van der Waals surface area contributed by atoms with Gasteiger partial charge in [-0.05, 0) is 32.8 Å². The first-order valence-corrected chi connectivity index (χ1v) is 8.01. The summed E-state index contributed by atoms with van der Waals surface area (Å²) in [6, 6.07) is 1.94. The van der Waals surface area contributed by atoms with Gasteiger partial charge >= 0.3 is 0 Å². The topological polar surface area (TPSA) is 80.3 Å². The molecule has 2 heterocycles. The van der Waals surface area contributed by atoms with E-state index in [4.69, 9.17) is 4.42 Å². The zero-order chi connectivity index (χ0) is 16.7. The number of hydrogen-bond donors (Lipinski definition) is 2. The van der Waals surface area contributed by atoms with Crippen molar-refractivity contribution in [3.05, 3.63) is 35.8 Å². The second kappa shape index (κ2) is 10.3. The van der Waals surface area contributed by atoms with E-state index in [1.807, 2.05) is 37.7 Å². The van der Waals surface area contributed by atoms with Gasteiger partial charge < -0.3 is 15.1 Å². The minimum atomic E-state index is 0. The number of rotatable bonds is 7. The van der Waals surface area contributed by atoms with E-state index in [0.717, 1.165) is 37.0 Å². The Hall–Kier alpha value is -1.58. The van der Waals surface area contributed by atoms with E-state index in [9.17, 15) is 0 Å². The van der Waals surface area contributed by atoms with Crippen LogP contribution in [0.5, 0.6) is 0 Å². The molecule has 0 radical (unpaired) electrons. The van der Waals surface area contributed by atoms with Crippen LogP contribution in [0.4, 0.5) is 0 Å². The fourth-order valence-electron chi connectivity index (χ4n) is 2.16. The van der Waals surface area contributed by atoms with Crippen LogP contribution < -0.4 is 10.6 Å². The first kappa shape index (κ1) is 20.5. The van der Waals surface area contributed by atoms with Crippen LogP contribution in [0, 0.1) is 19.8 Å². The van der Waals surface area contributed by atoms with Gasteiger partial charge in [-0.3, -0.25) is 4.68 Å². The third-order valence-corrected chi connectivity index (χ3v) is 3.47. The molecule has 0 aliphatic rings. The summed E-state index contributed by atoms with van der Waals surface area (Å²) in [6.45, 7) is 11.0. The van der Waals surface area contributed by atoms with Crippen LogP contribution in [-0.2, 0) is 13.1 Å². The predicted molar refractivity (Wildman–Crippen MR) is 106 cm³/mol. The van der Waals surface area contributed by atoms with Crippen molar-refractivity contribution < 1.29 is 4.42 Å². The van der Waals surface area contributed by atoms with Gasteiger partial charge in [0.1, 0.15) is 12.3 Å². The van der Waals surface area contributed by atoms with Crippen molar-refractivity contribution in [1.82, 2.24) is 25.4 Å². The molecular weight excluding hydrogens is 419 g/mol. The molecule has 0 fully saturated rings. The molecule has 0 aliphatic carbocycles. The standard InChI is InChI=1S/C16H26N6O.HI/c1-5-17-16(19-10-15-21-13(3)14(4)23-15)18-9-12(2)11-22-8-6-7-20-22;/h6-8,12H,5,9-11H2,1-4H3,(H2,17,18,19);1H. The number of guanidine groups is 1. The smallest absolute Gasteiger partial charge is 0.216 e. The van der Waals surface area contributed by atoms with Gasteiger partial charge in [-0.2, -0.15) is 5.10 Å². The number of nitrogens with zero attached hydrogens (tertiary/aromatic N) is 4. The first-order chi connectivity index (χ1) is 11.1. The molecule has 0 aromatic carbocycles. The lowest BCUT2D eigenvalue weighted by atomic mass is 10.2. The molecule has 7 nitrogen and oxygen atoms in total. The predicted octanol–water partition coefficient (Wildman–Crippen LogP) is 2.50. The molecule has 2 aromatic rings. The summed E-state index contributed by atoms with van der Waals surface area (Å²) in [7, 11) is 0. The Bertz CT molecular complexity index is 603.